The topological polar surface area (TPSA) is 88.4 Å². The van der Waals surface area contributed by atoms with Gasteiger partial charge in [0.15, 0.2) is 0 Å². The number of carbonyl (C=O) groups is 1. The largest absolute Gasteiger partial charge is 0.464 e. The molecule has 33 heavy (non-hydrogen) atoms. The maximum atomic E-state index is 13.5. The number of aryl methyl sites for hydroxylation is 2. The Morgan fingerprint density at radius 2 is 2.03 bits per heavy atom. The molecule has 0 unspecified atom stereocenters. The van der Waals surface area contributed by atoms with E-state index in [0.29, 0.717) is 29.9 Å². The lowest BCUT2D eigenvalue weighted by atomic mass is 10.0. The van der Waals surface area contributed by atoms with Crippen molar-refractivity contribution in [1.29, 1.82) is 0 Å². The first-order valence-corrected chi connectivity index (χ1v) is 11.3. The molecule has 0 aliphatic carbocycles. The summed E-state index contributed by atoms with van der Waals surface area (Å²) in [6.07, 6.45) is 3.78. The van der Waals surface area contributed by atoms with Gasteiger partial charge in [-0.3, -0.25) is 9.59 Å². The molecule has 1 fully saturated rings. The average molecular weight is 446 g/mol. The summed E-state index contributed by atoms with van der Waals surface area (Å²) >= 11 is 0. The van der Waals surface area contributed by atoms with E-state index in [2.05, 4.69) is 16.0 Å². The van der Waals surface area contributed by atoms with Crippen molar-refractivity contribution in [3.05, 3.63) is 75.5 Å². The van der Waals surface area contributed by atoms with Crippen LogP contribution >= 0.6 is 0 Å². The Morgan fingerprint density at radius 3 is 2.85 bits per heavy atom. The number of rotatable bonds is 6. The lowest BCUT2D eigenvalue weighted by Gasteiger charge is -2.25. The molecule has 0 spiro atoms. The molecule has 2 aromatic heterocycles. The van der Waals surface area contributed by atoms with Gasteiger partial charge in [-0.15, -0.1) is 0 Å². The van der Waals surface area contributed by atoms with E-state index in [0.717, 1.165) is 40.5 Å². The Labute approximate surface area is 191 Å². The predicted molar refractivity (Wildman–Crippen MR) is 126 cm³/mol. The Morgan fingerprint density at radius 1 is 1.18 bits per heavy atom. The van der Waals surface area contributed by atoms with Crippen LogP contribution in [0.5, 0.6) is 0 Å². The molecule has 0 radical (unpaired) electrons. The van der Waals surface area contributed by atoms with Gasteiger partial charge in [-0.05, 0) is 49.9 Å². The molecule has 5 rings (SSSR count). The summed E-state index contributed by atoms with van der Waals surface area (Å²) in [5, 5.41) is 1.49. The molecule has 1 amide bonds. The highest BCUT2D eigenvalue weighted by Gasteiger charge is 2.25. The molecule has 1 N–H and O–H groups in total. The molecular formula is C26H27N3O4. The third-order valence-electron chi connectivity index (χ3n) is 6.49. The van der Waals surface area contributed by atoms with E-state index in [1.165, 1.54) is 0 Å². The monoisotopic (exact) mass is 445 g/mol. The van der Waals surface area contributed by atoms with Crippen LogP contribution in [-0.2, 0) is 22.5 Å². The summed E-state index contributed by atoms with van der Waals surface area (Å²) in [5.74, 6) is 0.413. The Hall–Kier alpha value is -3.45. The number of nitrogens with one attached hydrogen (secondary N) is 1. The van der Waals surface area contributed by atoms with Crippen LogP contribution in [0.15, 0.2) is 51.9 Å². The van der Waals surface area contributed by atoms with Crippen LogP contribution in [-0.4, -0.2) is 40.0 Å². The quantitative estimate of drug-likeness (QED) is 0.484. The van der Waals surface area contributed by atoms with E-state index < -0.39 is 0 Å². The normalized spacial score (nSPS) is 16.0. The zero-order chi connectivity index (χ0) is 22.9. The third kappa shape index (κ3) is 4.28. The van der Waals surface area contributed by atoms with E-state index in [1.54, 1.807) is 17.2 Å². The fourth-order valence-corrected chi connectivity index (χ4v) is 4.48. The van der Waals surface area contributed by atoms with Crippen LogP contribution in [0.1, 0.15) is 35.4 Å². The van der Waals surface area contributed by atoms with Crippen molar-refractivity contribution in [2.45, 2.75) is 45.8 Å². The smallest absolute Gasteiger partial charge is 0.258 e. The first-order valence-electron chi connectivity index (χ1n) is 11.3. The molecule has 4 aromatic rings. The first-order chi connectivity index (χ1) is 16.0. The number of hydrogen-bond acceptors (Lipinski definition) is 5. The number of amides is 1. The van der Waals surface area contributed by atoms with E-state index in [1.807, 2.05) is 38.1 Å². The molecular weight excluding hydrogens is 418 g/mol. The second-order valence-electron chi connectivity index (χ2n) is 8.76. The highest BCUT2D eigenvalue weighted by atomic mass is 16.5. The number of furan rings is 1. The molecule has 1 aliphatic rings. The van der Waals surface area contributed by atoms with Crippen LogP contribution < -0.4 is 5.56 Å². The minimum atomic E-state index is -0.202. The van der Waals surface area contributed by atoms with Gasteiger partial charge in [0.05, 0.1) is 36.2 Å². The fourth-order valence-electron chi connectivity index (χ4n) is 4.48. The SMILES string of the molecule is Cc1ccc2c(CC(=O)N(Cc3nc4ccccc4c(=O)[nH]3)C[C@H]3CCCO3)coc2c1C. The number of benzene rings is 2. The molecule has 0 saturated carbocycles. The number of ether oxygens (including phenoxy) is 1. The second kappa shape index (κ2) is 8.83. The van der Waals surface area contributed by atoms with Gasteiger partial charge in [0.2, 0.25) is 5.91 Å². The van der Waals surface area contributed by atoms with Gasteiger partial charge in [-0.25, -0.2) is 4.98 Å². The zero-order valence-corrected chi connectivity index (χ0v) is 18.9. The summed E-state index contributed by atoms with van der Waals surface area (Å²) in [6, 6.07) is 11.3. The molecule has 1 atom stereocenters. The average Bonchev–Trinajstić information content (AvgIpc) is 3.46. The van der Waals surface area contributed by atoms with Gasteiger partial charge in [-0.1, -0.05) is 24.3 Å². The van der Waals surface area contributed by atoms with Crippen LogP contribution in [0, 0.1) is 13.8 Å². The van der Waals surface area contributed by atoms with Crippen molar-refractivity contribution in [3.63, 3.8) is 0 Å². The number of hydrogen-bond donors (Lipinski definition) is 1. The molecule has 0 bridgehead atoms. The second-order valence-corrected chi connectivity index (χ2v) is 8.76. The molecule has 1 saturated heterocycles. The first kappa shape index (κ1) is 21.4. The number of nitrogens with zero attached hydrogens (tertiary/aromatic N) is 2. The molecule has 7 nitrogen and oxygen atoms in total. The molecule has 2 aromatic carbocycles. The van der Waals surface area contributed by atoms with Crippen LogP contribution in [0.4, 0.5) is 0 Å². The van der Waals surface area contributed by atoms with Gasteiger partial charge in [-0.2, -0.15) is 0 Å². The Bertz CT molecular complexity index is 1380. The summed E-state index contributed by atoms with van der Waals surface area (Å²) in [4.78, 5) is 35.2. The van der Waals surface area contributed by atoms with Crippen LogP contribution in [0.25, 0.3) is 21.9 Å². The highest BCUT2D eigenvalue weighted by Crippen LogP contribution is 2.27. The van der Waals surface area contributed by atoms with Crippen molar-refractivity contribution in [3.8, 4) is 0 Å². The number of aromatic nitrogens is 2. The van der Waals surface area contributed by atoms with E-state index in [4.69, 9.17) is 9.15 Å². The summed E-state index contributed by atoms with van der Waals surface area (Å²) in [7, 11) is 0. The maximum absolute atomic E-state index is 13.5. The van der Waals surface area contributed by atoms with E-state index in [9.17, 15) is 9.59 Å². The third-order valence-corrected chi connectivity index (χ3v) is 6.49. The standard InChI is InChI=1S/C26H27N3O4/c1-16-9-10-20-18(15-33-25(20)17(16)2)12-24(30)29(13-19-6-5-11-32-19)14-23-27-22-8-4-3-7-21(22)26(31)28-23/h3-4,7-10,15,19H,5-6,11-14H2,1-2H3,(H,27,28,31)/t19-/m1/s1. The minimum Gasteiger partial charge on any atom is -0.464 e. The number of fused-ring (bicyclic) bond motifs is 2. The van der Waals surface area contributed by atoms with Crippen molar-refractivity contribution < 1.29 is 13.9 Å². The van der Waals surface area contributed by atoms with E-state index in [-0.39, 0.29) is 30.5 Å². The summed E-state index contributed by atoms with van der Waals surface area (Å²) < 4.78 is 11.6. The van der Waals surface area contributed by atoms with Crippen molar-refractivity contribution in [2.24, 2.45) is 0 Å². The minimum absolute atomic E-state index is 0.00730. The molecule has 170 valence electrons. The lowest BCUT2D eigenvalue weighted by molar-refractivity contribution is -0.132. The van der Waals surface area contributed by atoms with Gasteiger partial charge >= 0.3 is 0 Å². The highest BCUT2D eigenvalue weighted by molar-refractivity contribution is 5.89. The summed E-state index contributed by atoms with van der Waals surface area (Å²) in [5.41, 5.74) is 4.33. The fraction of sp³-hybridized carbons (Fsp3) is 0.346. The number of para-hydroxylation sites is 1. The van der Waals surface area contributed by atoms with Gasteiger partial charge in [0.25, 0.3) is 5.56 Å². The zero-order valence-electron chi connectivity index (χ0n) is 18.9. The van der Waals surface area contributed by atoms with Gasteiger partial charge in [0, 0.05) is 24.1 Å². The van der Waals surface area contributed by atoms with Gasteiger partial charge in [0.1, 0.15) is 11.4 Å². The van der Waals surface area contributed by atoms with Crippen LogP contribution in [0.2, 0.25) is 0 Å². The molecule has 3 heterocycles. The molecule has 7 heteroatoms. The van der Waals surface area contributed by atoms with E-state index >= 15 is 0 Å². The number of carbonyl (C=O) groups excluding carboxylic acids is 1. The molecule has 1 aliphatic heterocycles. The number of aromatic amines is 1. The van der Waals surface area contributed by atoms with Crippen LogP contribution in [0.3, 0.4) is 0 Å². The lowest BCUT2D eigenvalue weighted by Crippen LogP contribution is -2.38. The van der Waals surface area contributed by atoms with Gasteiger partial charge < -0.3 is 19.0 Å². The van der Waals surface area contributed by atoms with Crippen molar-refractivity contribution in [2.75, 3.05) is 13.2 Å². The van der Waals surface area contributed by atoms with Crippen molar-refractivity contribution in [1.82, 2.24) is 14.9 Å². The predicted octanol–water partition coefficient (Wildman–Crippen LogP) is 4.04. The van der Waals surface area contributed by atoms with Crippen molar-refractivity contribution >= 4 is 27.8 Å². The Balaban J connectivity index is 1.43. The number of H-pyrrole nitrogens is 1. The summed E-state index contributed by atoms with van der Waals surface area (Å²) in [6.45, 7) is 5.46. The Kier molecular flexibility index (Phi) is 5.72. The maximum Gasteiger partial charge on any atom is 0.258 e.